The van der Waals surface area contributed by atoms with E-state index in [2.05, 4.69) is 76.3 Å². The van der Waals surface area contributed by atoms with Gasteiger partial charge in [-0.2, -0.15) is 0 Å². The zero-order valence-electron chi connectivity index (χ0n) is 69.6. The standard InChI is InChI=1S/2C46H78O7S.Ca/c2*1-3-5-7-9-11-13-15-17-19-21-23-25-27-29-31-33-35-40-52-45(47)42-38-37-39-43(54(49,50)51)44(42)46(48)53-41-36-34-32-30-28-26-24-22-20-18-16-14-12-10-8-6-4-2;/h2*11-14,37-39H,3-10,15-36,40-41H2,1-2H3,(H,49,50,51);/q;;+2/p-2/b2*13-11+,14-12+;. The van der Waals surface area contributed by atoms with Crippen LogP contribution >= 0.6 is 0 Å². The maximum Gasteiger partial charge on any atom is 2.00 e. The van der Waals surface area contributed by atoms with Gasteiger partial charge in [-0.3, -0.25) is 0 Å². The van der Waals surface area contributed by atoms with Crippen LogP contribution in [-0.4, -0.2) is 114 Å². The summed E-state index contributed by atoms with van der Waals surface area (Å²) < 4.78 is 93.5. The van der Waals surface area contributed by atoms with Crippen LogP contribution in [0.5, 0.6) is 0 Å². The normalized spacial score (nSPS) is 11.8. The summed E-state index contributed by atoms with van der Waals surface area (Å²) in [6.07, 6.45) is 89.2. The van der Waals surface area contributed by atoms with Crippen molar-refractivity contribution in [1.82, 2.24) is 0 Å². The largest absolute Gasteiger partial charge is 2.00 e. The van der Waals surface area contributed by atoms with Gasteiger partial charge >= 0.3 is 61.6 Å². The number of carbonyl (C=O) groups excluding carboxylic acids is 4. The Labute approximate surface area is 696 Å². The third-order valence-electron chi connectivity index (χ3n) is 20.0. The Bertz CT molecular complexity index is 2670. The van der Waals surface area contributed by atoms with Crippen molar-refractivity contribution in [3.63, 3.8) is 0 Å². The van der Waals surface area contributed by atoms with Gasteiger partial charge in [0.05, 0.1) is 58.5 Å². The van der Waals surface area contributed by atoms with E-state index in [4.69, 9.17) is 18.9 Å². The smallest absolute Gasteiger partial charge is 0.744 e. The Hall–Kier alpha value is -3.64. The van der Waals surface area contributed by atoms with Crippen LogP contribution in [0.25, 0.3) is 0 Å². The predicted octanol–water partition coefficient (Wildman–Crippen LogP) is 27.1. The first-order valence-electron chi connectivity index (χ1n) is 44.1. The summed E-state index contributed by atoms with van der Waals surface area (Å²) in [5, 5.41) is 0. The van der Waals surface area contributed by atoms with Crippen LogP contribution in [0, 0.1) is 0 Å². The Balaban J connectivity index is 0.00000212. The molecular formula is C92H154CaO14S2. The third kappa shape index (κ3) is 62.4. The Morgan fingerprint density at radius 3 is 0.606 bits per heavy atom. The Morgan fingerprint density at radius 1 is 0.257 bits per heavy atom. The first kappa shape index (κ1) is 105. The van der Waals surface area contributed by atoms with Crippen LogP contribution in [0.1, 0.15) is 454 Å². The number of hydrogen-bond donors (Lipinski definition) is 0. The number of hydrogen-bond acceptors (Lipinski definition) is 14. The second kappa shape index (κ2) is 77.0. The molecule has 620 valence electrons. The molecule has 0 aliphatic rings. The summed E-state index contributed by atoms with van der Waals surface area (Å²) in [6, 6.07) is 7.25. The Morgan fingerprint density at radius 2 is 0.422 bits per heavy atom. The number of rotatable bonds is 74. The minimum absolute atomic E-state index is 0. The SMILES string of the molecule is CCCCC/C=C/CCCCCCCCCCCCOC(=O)c1cccc(S(=O)(=O)[O-])c1C(=O)OCCCCCCCCCCCC/C=C/CCCCC.CCCCC/C=C/CCCCCCCCCCCCOC(=O)c1cccc(S(=O)(=O)[O-])c1C(=O)OCCCCCCCCCCCC/C=C/CCCCC.[Ca+2]. The number of allylic oxidation sites excluding steroid dienone is 8. The van der Waals surface area contributed by atoms with Gasteiger partial charge in [-0.15, -0.1) is 0 Å². The molecule has 2 rings (SSSR count). The van der Waals surface area contributed by atoms with E-state index in [-0.39, 0.29) is 75.3 Å². The van der Waals surface area contributed by atoms with Gasteiger partial charge in [0.25, 0.3) is 0 Å². The van der Waals surface area contributed by atoms with Crippen LogP contribution in [-0.2, 0) is 39.2 Å². The van der Waals surface area contributed by atoms with E-state index in [9.17, 15) is 45.1 Å². The second-order valence-corrected chi connectivity index (χ2v) is 32.7. The summed E-state index contributed by atoms with van der Waals surface area (Å²) in [5.41, 5.74) is -1.56. The minimum atomic E-state index is -5.02. The summed E-state index contributed by atoms with van der Waals surface area (Å²) in [6.45, 7) is 9.44. The van der Waals surface area contributed by atoms with E-state index in [0.29, 0.717) is 25.7 Å². The fraction of sp³-hybridized carbons (Fsp3) is 0.739. The van der Waals surface area contributed by atoms with Crippen LogP contribution in [0.2, 0.25) is 0 Å². The number of unbranched alkanes of at least 4 members (excludes halogenated alkanes) is 52. The molecule has 0 saturated carbocycles. The van der Waals surface area contributed by atoms with Gasteiger partial charge in [0, 0.05) is 0 Å². The number of esters is 4. The maximum atomic E-state index is 13.0. The monoisotopic (exact) mass is 1590 g/mol. The van der Waals surface area contributed by atoms with Crippen molar-refractivity contribution in [1.29, 1.82) is 0 Å². The van der Waals surface area contributed by atoms with Crippen molar-refractivity contribution in [3.8, 4) is 0 Å². The van der Waals surface area contributed by atoms with Gasteiger partial charge in [0.15, 0.2) is 0 Å². The molecule has 0 bridgehead atoms. The fourth-order valence-corrected chi connectivity index (χ4v) is 14.7. The number of ether oxygens (including phenoxy) is 4. The average molecular weight is 1590 g/mol. The third-order valence-corrected chi connectivity index (χ3v) is 21.8. The molecule has 109 heavy (non-hydrogen) atoms. The van der Waals surface area contributed by atoms with E-state index < -0.39 is 65.0 Å². The molecule has 0 radical (unpaired) electrons. The van der Waals surface area contributed by atoms with Crippen molar-refractivity contribution in [2.75, 3.05) is 26.4 Å². The molecule has 0 aliphatic heterocycles. The molecule has 0 saturated heterocycles. The minimum Gasteiger partial charge on any atom is -0.744 e. The van der Waals surface area contributed by atoms with E-state index in [1.54, 1.807) is 0 Å². The number of carbonyl (C=O) groups is 4. The van der Waals surface area contributed by atoms with Gasteiger partial charge < -0.3 is 28.1 Å². The molecule has 0 fully saturated rings. The van der Waals surface area contributed by atoms with Gasteiger partial charge in [-0.1, -0.05) is 345 Å². The van der Waals surface area contributed by atoms with E-state index in [1.807, 2.05) is 0 Å². The second-order valence-electron chi connectivity index (χ2n) is 30.0. The first-order valence-corrected chi connectivity index (χ1v) is 46.9. The molecule has 0 aliphatic carbocycles. The molecule has 0 unspecified atom stereocenters. The molecule has 2 aromatic carbocycles. The molecular weight excluding hydrogens is 1430 g/mol. The van der Waals surface area contributed by atoms with Gasteiger partial charge in [0.2, 0.25) is 0 Å². The van der Waals surface area contributed by atoms with Gasteiger partial charge in [0.1, 0.15) is 20.2 Å². The predicted molar refractivity (Wildman–Crippen MR) is 452 cm³/mol. The molecule has 0 N–H and O–H groups in total. The topological polar surface area (TPSA) is 220 Å². The maximum absolute atomic E-state index is 13.0. The molecule has 0 spiro atoms. The van der Waals surface area contributed by atoms with E-state index >= 15 is 0 Å². The van der Waals surface area contributed by atoms with Crippen molar-refractivity contribution in [2.24, 2.45) is 0 Å². The van der Waals surface area contributed by atoms with E-state index in [1.165, 1.54) is 307 Å². The molecule has 0 aromatic heterocycles. The van der Waals surface area contributed by atoms with E-state index in [0.717, 1.165) is 89.2 Å². The molecule has 14 nitrogen and oxygen atoms in total. The Kier molecular flexibility index (Phi) is 74.4. The zero-order chi connectivity index (χ0) is 78.8. The van der Waals surface area contributed by atoms with Crippen molar-refractivity contribution < 1.29 is 64.1 Å². The van der Waals surface area contributed by atoms with Crippen molar-refractivity contribution in [3.05, 3.63) is 107 Å². The fourth-order valence-electron chi connectivity index (χ4n) is 13.3. The quantitative estimate of drug-likeness (QED) is 0.0150. The molecule has 0 amide bonds. The van der Waals surface area contributed by atoms with Crippen LogP contribution < -0.4 is 0 Å². The van der Waals surface area contributed by atoms with Crippen molar-refractivity contribution >= 4 is 81.9 Å². The van der Waals surface area contributed by atoms with Crippen LogP contribution in [0.3, 0.4) is 0 Å². The van der Waals surface area contributed by atoms with Crippen LogP contribution in [0.15, 0.2) is 94.8 Å². The summed E-state index contributed by atoms with van der Waals surface area (Å²) >= 11 is 0. The summed E-state index contributed by atoms with van der Waals surface area (Å²) in [5.74, 6) is -3.62. The average Bonchev–Trinajstić information content (AvgIpc) is 0.798. The van der Waals surface area contributed by atoms with Gasteiger partial charge in [-0.25, -0.2) is 36.0 Å². The van der Waals surface area contributed by atoms with Gasteiger partial charge in [-0.05, 0) is 153 Å². The molecule has 17 heteroatoms. The molecule has 0 atom stereocenters. The molecule has 2 aromatic rings. The van der Waals surface area contributed by atoms with Crippen LogP contribution in [0.4, 0.5) is 0 Å². The first-order chi connectivity index (χ1) is 52.6. The number of benzene rings is 2. The summed E-state index contributed by atoms with van der Waals surface area (Å²) in [4.78, 5) is 50.4. The van der Waals surface area contributed by atoms with Crippen molar-refractivity contribution in [2.45, 2.75) is 423 Å². The summed E-state index contributed by atoms with van der Waals surface area (Å²) in [7, 11) is -10.0. The molecule has 0 heterocycles. The zero-order valence-corrected chi connectivity index (χ0v) is 73.4.